The predicted octanol–water partition coefficient (Wildman–Crippen LogP) is 1.66. The van der Waals surface area contributed by atoms with E-state index in [2.05, 4.69) is 6.92 Å². The van der Waals surface area contributed by atoms with Crippen molar-refractivity contribution in [2.24, 2.45) is 23.7 Å². The molecule has 0 aromatic rings. The third-order valence-corrected chi connectivity index (χ3v) is 3.39. The molecule has 1 fully saturated rings. The number of aldehydes is 1. The molecule has 1 saturated carbocycles. The maximum absolute atomic E-state index is 11.5. The van der Waals surface area contributed by atoms with Crippen LogP contribution in [0.2, 0.25) is 0 Å². The van der Waals surface area contributed by atoms with Crippen LogP contribution in [0.1, 0.15) is 26.7 Å². The Hall–Kier alpha value is -0.860. The molecule has 0 aromatic carbocycles. The summed E-state index contributed by atoms with van der Waals surface area (Å²) in [5, 5.41) is 0. The van der Waals surface area contributed by atoms with Gasteiger partial charge >= 0.3 is 5.97 Å². The Morgan fingerprint density at radius 2 is 2.14 bits per heavy atom. The summed E-state index contributed by atoms with van der Waals surface area (Å²) in [6.45, 7) is 3.94. The van der Waals surface area contributed by atoms with E-state index in [-0.39, 0.29) is 23.7 Å². The summed E-state index contributed by atoms with van der Waals surface area (Å²) < 4.78 is 4.77. The molecule has 80 valence electrons. The summed E-state index contributed by atoms with van der Waals surface area (Å²) >= 11 is 0. The lowest BCUT2D eigenvalue weighted by molar-refractivity contribution is -0.148. The van der Waals surface area contributed by atoms with Gasteiger partial charge in [0, 0.05) is 5.92 Å². The average molecular weight is 198 g/mol. The first kappa shape index (κ1) is 11.2. The largest absolute Gasteiger partial charge is 0.469 e. The van der Waals surface area contributed by atoms with Gasteiger partial charge in [-0.3, -0.25) is 4.79 Å². The van der Waals surface area contributed by atoms with Crippen molar-refractivity contribution in [2.45, 2.75) is 26.7 Å². The SMILES string of the molecule is COC(=O)[C@H]1[C@@H](C(C)C=O)CC[C@@H]1C. The third-order valence-electron chi connectivity index (χ3n) is 3.39. The number of methoxy groups -OCH3 is 1. The lowest BCUT2D eigenvalue weighted by Gasteiger charge is -2.22. The van der Waals surface area contributed by atoms with E-state index in [1.165, 1.54) is 7.11 Å². The van der Waals surface area contributed by atoms with Crippen LogP contribution in [-0.2, 0) is 14.3 Å². The number of rotatable bonds is 3. The van der Waals surface area contributed by atoms with Gasteiger partial charge in [0.15, 0.2) is 0 Å². The van der Waals surface area contributed by atoms with Crippen LogP contribution >= 0.6 is 0 Å². The van der Waals surface area contributed by atoms with Crippen molar-refractivity contribution < 1.29 is 14.3 Å². The highest BCUT2D eigenvalue weighted by Crippen LogP contribution is 2.41. The van der Waals surface area contributed by atoms with E-state index in [4.69, 9.17) is 4.74 Å². The van der Waals surface area contributed by atoms with Crippen molar-refractivity contribution >= 4 is 12.3 Å². The summed E-state index contributed by atoms with van der Waals surface area (Å²) in [6, 6.07) is 0. The summed E-state index contributed by atoms with van der Waals surface area (Å²) in [4.78, 5) is 22.2. The second-order valence-electron chi connectivity index (χ2n) is 4.26. The van der Waals surface area contributed by atoms with Gasteiger partial charge in [-0.1, -0.05) is 13.8 Å². The molecule has 0 aliphatic heterocycles. The molecule has 1 rings (SSSR count). The predicted molar refractivity (Wildman–Crippen MR) is 52.6 cm³/mol. The van der Waals surface area contributed by atoms with Crippen molar-refractivity contribution in [1.29, 1.82) is 0 Å². The van der Waals surface area contributed by atoms with Crippen molar-refractivity contribution in [3.8, 4) is 0 Å². The summed E-state index contributed by atoms with van der Waals surface area (Å²) in [7, 11) is 1.41. The van der Waals surface area contributed by atoms with E-state index in [0.29, 0.717) is 5.92 Å². The van der Waals surface area contributed by atoms with E-state index in [1.807, 2.05) is 6.92 Å². The second-order valence-corrected chi connectivity index (χ2v) is 4.26. The molecule has 0 spiro atoms. The fourth-order valence-corrected chi connectivity index (χ4v) is 2.47. The molecule has 4 atom stereocenters. The van der Waals surface area contributed by atoms with Crippen LogP contribution in [0, 0.1) is 23.7 Å². The lowest BCUT2D eigenvalue weighted by atomic mass is 9.83. The molecular weight excluding hydrogens is 180 g/mol. The Labute approximate surface area is 84.8 Å². The number of carbonyl (C=O) groups is 2. The topological polar surface area (TPSA) is 43.4 Å². The van der Waals surface area contributed by atoms with Gasteiger partial charge < -0.3 is 9.53 Å². The molecule has 0 N–H and O–H groups in total. The summed E-state index contributed by atoms with van der Waals surface area (Å²) in [6.07, 6.45) is 2.92. The number of carbonyl (C=O) groups excluding carboxylic acids is 2. The van der Waals surface area contributed by atoms with E-state index < -0.39 is 0 Å². The molecule has 0 bridgehead atoms. The van der Waals surface area contributed by atoms with Crippen LogP contribution in [0.3, 0.4) is 0 Å². The Balaban J connectivity index is 2.76. The summed E-state index contributed by atoms with van der Waals surface area (Å²) in [5.74, 6) is 0.239. The van der Waals surface area contributed by atoms with Crippen LogP contribution in [0.25, 0.3) is 0 Å². The molecule has 1 aliphatic rings. The minimum atomic E-state index is -0.159. The van der Waals surface area contributed by atoms with Crippen molar-refractivity contribution in [3.63, 3.8) is 0 Å². The highest BCUT2D eigenvalue weighted by Gasteiger charge is 2.41. The zero-order valence-electron chi connectivity index (χ0n) is 9.03. The molecule has 14 heavy (non-hydrogen) atoms. The van der Waals surface area contributed by atoms with Crippen LogP contribution in [0.15, 0.2) is 0 Å². The molecule has 0 heterocycles. The number of ether oxygens (including phenoxy) is 1. The van der Waals surface area contributed by atoms with Crippen LogP contribution in [-0.4, -0.2) is 19.4 Å². The van der Waals surface area contributed by atoms with Gasteiger partial charge in [0.25, 0.3) is 0 Å². The highest BCUT2D eigenvalue weighted by molar-refractivity contribution is 5.74. The molecule has 3 heteroatoms. The minimum absolute atomic E-state index is 0.0379. The average Bonchev–Trinajstić information content (AvgIpc) is 2.58. The van der Waals surface area contributed by atoms with E-state index in [1.54, 1.807) is 0 Å². The second kappa shape index (κ2) is 4.58. The van der Waals surface area contributed by atoms with Gasteiger partial charge in [0.1, 0.15) is 6.29 Å². The Kier molecular flexibility index (Phi) is 3.67. The first-order valence-electron chi connectivity index (χ1n) is 5.15. The van der Waals surface area contributed by atoms with Crippen molar-refractivity contribution in [2.75, 3.05) is 7.11 Å². The standard InChI is InChI=1S/C11H18O3/c1-7-4-5-9(8(2)6-12)10(7)11(13)14-3/h6-10H,4-5H2,1-3H3/t7-,8?,9+,10+/m0/s1. The lowest BCUT2D eigenvalue weighted by Crippen LogP contribution is -2.29. The molecule has 1 aliphatic carbocycles. The Morgan fingerprint density at radius 1 is 1.50 bits per heavy atom. The fourth-order valence-electron chi connectivity index (χ4n) is 2.47. The first-order valence-corrected chi connectivity index (χ1v) is 5.15. The monoisotopic (exact) mass is 198 g/mol. The molecule has 0 amide bonds. The van der Waals surface area contributed by atoms with Gasteiger partial charge in [-0.2, -0.15) is 0 Å². The Bertz CT molecular complexity index is 225. The van der Waals surface area contributed by atoms with Gasteiger partial charge in [0.05, 0.1) is 13.0 Å². The molecule has 0 saturated heterocycles. The first-order chi connectivity index (χ1) is 6.61. The molecule has 0 aromatic heterocycles. The number of esters is 1. The number of hydrogen-bond acceptors (Lipinski definition) is 3. The van der Waals surface area contributed by atoms with E-state index >= 15 is 0 Å². The van der Waals surface area contributed by atoms with Crippen LogP contribution in [0.5, 0.6) is 0 Å². The molecule has 1 unspecified atom stereocenters. The molecule has 0 radical (unpaired) electrons. The van der Waals surface area contributed by atoms with Crippen LogP contribution in [0.4, 0.5) is 0 Å². The Morgan fingerprint density at radius 3 is 2.64 bits per heavy atom. The van der Waals surface area contributed by atoms with Crippen molar-refractivity contribution in [1.82, 2.24) is 0 Å². The zero-order chi connectivity index (χ0) is 10.7. The smallest absolute Gasteiger partial charge is 0.309 e. The zero-order valence-corrected chi connectivity index (χ0v) is 9.03. The van der Waals surface area contributed by atoms with Gasteiger partial charge in [-0.25, -0.2) is 0 Å². The molecule has 3 nitrogen and oxygen atoms in total. The summed E-state index contributed by atoms with van der Waals surface area (Å²) in [5.41, 5.74) is 0. The normalized spacial score (nSPS) is 33.8. The van der Waals surface area contributed by atoms with E-state index in [9.17, 15) is 9.59 Å². The van der Waals surface area contributed by atoms with Gasteiger partial charge in [-0.05, 0) is 24.7 Å². The highest BCUT2D eigenvalue weighted by atomic mass is 16.5. The third kappa shape index (κ3) is 1.97. The maximum atomic E-state index is 11.5. The van der Waals surface area contributed by atoms with Gasteiger partial charge in [0.2, 0.25) is 0 Å². The number of hydrogen-bond donors (Lipinski definition) is 0. The minimum Gasteiger partial charge on any atom is -0.469 e. The molecular formula is C11H18O3. The van der Waals surface area contributed by atoms with Gasteiger partial charge in [-0.15, -0.1) is 0 Å². The van der Waals surface area contributed by atoms with Crippen molar-refractivity contribution in [3.05, 3.63) is 0 Å². The fraction of sp³-hybridized carbons (Fsp3) is 0.818. The van der Waals surface area contributed by atoms with Crippen LogP contribution < -0.4 is 0 Å². The maximum Gasteiger partial charge on any atom is 0.309 e. The van der Waals surface area contributed by atoms with E-state index in [0.717, 1.165) is 19.1 Å². The quantitative estimate of drug-likeness (QED) is 0.511.